The molecule has 2 aromatic heterocycles. The van der Waals surface area contributed by atoms with Crippen molar-refractivity contribution in [3.8, 4) is 0 Å². The second-order valence-electron chi connectivity index (χ2n) is 13.7. The van der Waals surface area contributed by atoms with Crippen LogP contribution in [0.3, 0.4) is 0 Å². The number of aryl methyl sites for hydroxylation is 1. The van der Waals surface area contributed by atoms with Gasteiger partial charge in [-0.05, 0) is 75.9 Å². The molecule has 2 aliphatic rings. The van der Waals surface area contributed by atoms with Crippen molar-refractivity contribution in [1.82, 2.24) is 29.8 Å². The van der Waals surface area contributed by atoms with E-state index in [1.54, 1.807) is 17.9 Å². The van der Waals surface area contributed by atoms with Crippen LogP contribution in [0.1, 0.15) is 40.9 Å². The SMILES string of the molecule is CC(F)(C1CCN(C(=O)Nc2cn[nH]c2)CC1)S(=O)(=O)c1cccc(F)c1.Cn1cc(NC(=O)N2CCC(C(C)(F)S(=O)(=O)c3cccc(F)c3)CC2)cn1.[2H]CF. The first-order chi connectivity index (χ1) is 27.2. The molecular weight excluding hydrogens is 800 g/mol. The van der Waals surface area contributed by atoms with E-state index in [1.807, 2.05) is 0 Å². The van der Waals surface area contributed by atoms with E-state index in [0.29, 0.717) is 11.4 Å². The van der Waals surface area contributed by atoms with Crippen LogP contribution < -0.4 is 10.6 Å². The van der Waals surface area contributed by atoms with E-state index in [1.165, 1.54) is 52.7 Å². The lowest BCUT2D eigenvalue weighted by Crippen LogP contribution is -2.47. The van der Waals surface area contributed by atoms with Gasteiger partial charge in [-0.2, -0.15) is 10.2 Å². The number of hydrogen-bond donors (Lipinski definition) is 3. The van der Waals surface area contributed by atoms with Crippen molar-refractivity contribution in [2.24, 2.45) is 18.9 Å². The predicted octanol–water partition coefficient (Wildman–Crippen LogP) is 6.50. The Hall–Kier alpha value is -5.05. The van der Waals surface area contributed by atoms with Gasteiger partial charge >= 0.3 is 12.1 Å². The second-order valence-corrected chi connectivity index (χ2v) is 18.2. The van der Waals surface area contributed by atoms with E-state index in [9.17, 15) is 39.6 Å². The highest BCUT2D eigenvalue weighted by molar-refractivity contribution is 7.93. The molecule has 4 aromatic rings. The average molecular weight is 846 g/mol. The Morgan fingerprint density at radius 1 is 0.789 bits per heavy atom. The molecule has 2 fully saturated rings. The molecule has 4 heterocycles. The van der Waals surface area contributed by atoms with E-state index >= 15 is 8.78 Å². The molecule has 2 aromatic carbocycles. The van der Waals surface area contributed by atoms with E-state index < -0.39 is 60.3 Å². The molecule has 0 spiro atoms. The zero-order chi connectivity index (χ0) is 42.9. The third-order valence-electron chi connectivity index (χ3n) is 9.99. The molecule has 0 saturated carbocycles. The molecule has 21 heteroatoms. The summed E-state index contributed by atoms with van der Waals surface area (Å²) in [6.07, 6.45) is 6.86. The standard InChI is InChI=1S/C18H22F2N4O3S.C17H20F2N4O3S.CH3F/c1-18(20,28(26,27)16-5-3-4-14(19)10-16)13-6-8-24(9-7-13)17(25)22-15-11-21-23(2)12-15;1-17(19,27(25,26)15-4-2-3-13(18)9-15)12-5-7-23(8-6-12)16(24)22-14-10-20-21-11-14;1-2/h3-5,10-13H,6-9H2,1-2H3,(H,22,25);2-4,9-12H,5-8H2,1H3,(H,20,21)(H,22,24);1H3/i;;1D. The van der Waals surface area contributed by atoms with Crippen LogP contribution in [-0.4, -0.2) is 102 Å². The Balaban J connectivity index is 0.000000241. The van der Waals surface area contributed by atoms with Crippen molar-refractivity contribution in [3.63, 3.8) is 0 Å². The summed E-state index contributed by atoms with van der Waals surface area (Å²) in [6, 6.07) is 7.99. The van der Waals surface area contributed by atoms with Crippen LogP contribution in [0.25, 0.3) is 0 Å². The lowest BCUT2D eigenvalue weighted by molar-refractivity contribution is 0.117. The summed E-state index contributed by atoms with van der Waals surface area (Å²) in [4.78, 5) is 26.8. The summed E-state index contributed by atoms with van der Waals surface area (Å²) in [7, 11) is -8.03. The first kappa shape index (κ1) is 43.1. The van der Waals surface area contributed by atoms with Gasteiger partial charge in [0, 0.05) is 57.5 Å². The zero-order valence-corrected chi connectivity index (χ0v) is 33.0. The molecule has 6 rings (SSSR count). The number of sulfone groups is 2. The summed E-state index contributed by atoms with van der Waals surface area (Å²) >= 11 is 0. The zero-order valence-electron chi connectivity index (χ0n) is 32.3. The van der Waals surface area contributed by atoms with Crippen LogP contribution in [0.5, 0.6) is 0 Å². The minimum Gasteiger partial charge on any atom is -0.325 e. The summed E-state index contributed by atoms with van der Waals surface area (Å²) < 4.78 is 125. The Morgan fingerprint density at radius 2 is 1.21 bits per heavy atom. The van der Waals surface area contributed by atoms with E-state index in [4.69, 9.17) is 1.37 Å². The Labute approximate surface area is 329 Å². The lowest BCUT2D eigenvalue weighted by atomic mass is 9.92. The molecule has 0 bridgehead atoms. The maximum absolute atomic E-state index is 15.4. The van der Waals surface area contributed by atoms with E-state index in [-0.39, 0.29) is 73.7 Å². The van der Waals surface area contributed by atoms with Crippen LogP contribution in [0, 0.1) is 23.5 Å². The highest BCUT2D eigenvalue weighted by Gasteiger charge is 2.50. The third-order valence-corrected chi connectivity index (χ3v) is 14.5. The van der Waals surface area contributed by atoms with Crippen molar-refractivity contribution < 1.29 is 49.7 Å². The fraction of sp³-hybridized carbons (Fsp3) is 0.444. The molecule has 2 unspecified atom stereocenters. The van der Waals surface area contributed by atoms with Gasteiger partial charge in [-0.1, -0.05) is 12.1 Å². The maximum atomic E-state index is 15.4. The molecule has 0 aliphatic carbocycles. The summed E-state index contributed by atoms with van der Waals surface area (Å²) in [6.45, 7) is 2.89. The number of nitrogens with zero attached hydrogens (tertiary/aromatic N) is 5. The largest absolute Gasteiger partial charge is 0.325 e. The number of amides is 4. The van der Waals surface area contributed by atoms with Crippen LogP contribution in [0.2, 0.25) is 0 Å². The Bertz CT molecular complexity index is 2210. The number of benzene rings is 2. The monoisotopic (exact) mass is 845 g/mol. The number of anilines is 2. The molecule has 2 saturated heterocycles. The number of halogens is 5. The van der Waals surface area contributed by atoms with Crippen molar-refractivity contribution in [2.75, 3.05) is 44.0 Å². The van der Waals surface area contributed by atoms with Crippen LogP contribution >= 0.6 is 0 Å². The van der Waals surface area contributed by atoms with Gasteiger partial charge < -0.3 is 20.4 Å². The molecule has 2 aliphatic heterocycles. The third kappa shape index (κ3) is 10.3. The number of hydrogen-bond acceptors (Lipinski definition) is 8. The second kappa shape index (κ2) is 18.5. The number of aromatic nitrogens is 4. The van der Waals surface area contributed by atoms with Gasteiger partial charge in [-0.25, -0.2) is 44.0 Å². The lowest BCUT2D eigenvalue weighted by Gasteiger charge is -2.37. The highest BCUT2D eigenvalue weighted by atomic mass is 32.2. The van der Waals surface area contributed by atoms with Gasteiger partial charge in [-0.15, -0.1) is 0 Å². The number of carbonyl (C=O) groups is 2. The highest BCUT2D eigenvalue weighted by Crippen LogP contribution is 2.41. The first-order valence-electron chi connectivity index (χ1n) is 18.3. The van der Waals surface area contributed by atoms with Crippen molar-refractivity contribution in [1.29, 1.82) is 0 Å². The maximum Gasteiger partial charge on any atom is 0.321 e. The fourth-order valence-corrected chi connectivity index (χ4v) is 9.90. The molecule has 14 nitrogen and oxygen atoms in total. The van der Waals surface area contributed by atoms with Crippen LogP contribution in [-0.2, 0) is 26.7 Å². The number of piperidine rings is 2. The van der Waals surface area contributed by atoms with Gasteiger partial charge in [0.25, 0.3) is 0 Å². The van der Waals surface area contributed by atoms with Crippen molar-refractivity contribution >= 4 is 43.1 Å². The van der Waals surface area contributed by atoms with Crippen molar-refractivity contribution in [2.45, 2.75) is 59.3 Å². The molecule has 57 heavy (non-hydrogen) atoms. The summed E-state index contributed by atoms with van der Waals surface area (Å²) in [5, 5.41) is 10.5. The average Bonchev–Trinajstić information content (AvgIpc) is 3.86. The van der Waals surface area contributed by atoms with Gasteiger partial charge in [0.15, 0.2) is 0 Å². The first-order valence-corrected chi connectivity index (χ1v) is 20.5. The number of alkyl halides is 3. The van der Waals surface area contributed by atoms with Crippen molar-refractivity contribution in [3.05, 3.63) is 85.0 Å². The summed E-state index contributed by atoms with van der Waals surface area (Å²) in [5.74, 6) is -3.08. The fourth-order valence-electron chi connectivity index (χ4n) is 6.57. The van der Waals surface area contributed by atoms with Gasteiger partial charge in [0.05, 0.1) is 42.1 Å². The number of likely N-dealkylation sites (tertiary alicyclic amines) is 2. The minimum absolute atomic E-state index is 0.181. The number of nitrogens with one attached hydrogen (secondary N) is 3. The minimum atomic E-state index is -4.38. The van der Waals surface area contributed by atoms with Gasteiger partial charge in [-0.3, -0.25) is 14.2 Å². The number of aromatic amines is 1. The number of carbonyl (C=O) groups excluding carboxylic acids is 2. The Morgan fingerprint density at radius 3 is 1.56 bits per heavy atom. The molecule has 3 N–H and O–H groups in total. The molecular formula is C36H45F5N8O6S2. The van der Waals surface area contributed by atoms with E-state index in [0.717, 1.165) is 38.1 Å². The van der Waals surface area contributed by atoms with Crippen LogP contribution in [0.15, 0.2) is 83.1 Å². The van der Waals surface area contributed by atoms with Crippen LogP contribution in [0.4, 0.5) is 42.9 Å². The number of rotatable bonds is 8. The molecule has 312 valence electrons. The molecule has 2 atom stereocenters. The normalized spacial score (nSPS) is 17.7. The Kier molecular flexibility index (Phi) is 14.0. The molecule has 0 radical (unpaired) electrons. The summed E-state index contributed by atoms with van der Waals surface area (Å²) in [5.41, 5.74) is 1.05. The predicted molar refractivity (Wildman–Crippen MR) is 202 cm³/mol. The van der Waals surface area contributed by atoms with E-state index in [2.05, 4.69) is 25.9 Å². The van der Waals surface area contributed by atoms with Gasteiger partial charge in [0.2, 0.25) is 29.7 Å². The number of H-pyrrole nitrogens is 1. The topological polar surface area (TPSA) is 179 Å². The quantitative estimate of drug-likeness (QED) is 0.168. The molecule has 4 amide bonds. The smallest absolute Gasteiger partial charge is 0.321 e. The van der Waals surface area contributed by atoms with Gasteiger partial charge in [0.1, 0.15) is 11.6 Å². The number of urea groups is 2.